The van der Waals surface area contributed by atoms with Crippen molar-refractivity contribution in [2.45, 2.75) is 20.8 Å². The van der Waals surface area contributed by atoms with E-state index in [2.05, 4.69) is 212 Å². The lowest BCUT2D eigenvalue weighted by molar-refractivity contribution is 1.16. The van der Waals surface area contributed by atoms with Crippen molar-refractivity contribution >= 4 is 43.6 Å². The molecule has 0 aliphatic heterocycles. The van der Waals surface area contributed by atoms with Gasteiger partial charge in [-0.3, -0.25) is 4.98 Å². The summed E-state index contributed by atoms with van der Waals surface area (Å²) in [5.74, 6) is 0. The second-order valence-electron chi connectivity index (χ2n) is 15.6. The molecule has 0 N–H and O–H groups in total. The topological polar surface area (TPSA) is 35.6 Å². The van der Waals surface area contributed by atoms with E-state index >= 15 is 0 Å². The molecule has 0 spiro atoms. The Kier molecular flexibility index (Phi) is 8.12. The Hall–Kier alpha value is -7.56. The maximum Gasteiger partial charge on any atom is 0.0733 e. The molecule has 0 saturated carbocycles. The van der Waals surface area contributed by atoms with Crippen molar-refractivity contribution in [2.75, 3.05) is 0 Å². The molecule has 280 valence electrons. The lowest BCUT2D eigenvalue weighted by atomic mass is 9.96. The molecular weight excluding hydrogens is 717 g/mol. The Morgan fingerprint density at radius 3 is 1.76 bits per heavy atom. The minimum Gasteiger partial charge on any atom is -0.309 e. The van der Waals surface area contributed by atoms with Crippen LogP contribution in [-0.4, -0.2) is 19.1 Å². The predicted octanol–water partition coefficient (Wildman–Crippen LogP) is 14.3. The summed E-state index contributed by atoms with van der Waals surface area (Å²) in [5, 5.41) is 4.96. The van der Waals surface area contributed by atoms with Gasteiger partial charge in [0.1, 0.15) is 0 Å². The van der Waals surface area contributed by atoms with Crippen molar-refractivity contribution in [1.82, 2.24) is 19.1 Å². The lowest BCUT2D eigenvalue weighted by Crippen LogP contribution is -2.01. The van der Waals surface area contributed by atoms with Gasteiger partial charge in [0, 0.05) is 55.8 Å². The van der Waals surface area contributed by atoms with Gasteiger partial charge in [-0.15, -0.1) is 0 Å². The molecule has 4 nitrogen and oxygen atoms in total. The Morgan fingerprint density at radius 1 is 0.390 bits per heavy atom. The Morgan fingerprint density at radius 2 is 1.02 bits per heavy atom. The van der Waals surface area contributed by atoms with Gasteiger partial charge in [0.25, 0.3) is 0 Å². The summed E-state index contributed by atoms with van der Waals surface area (Å²) in [7, 11) is 0. The Labute approximate surface area is 343 Å². The quantitative estimate of drug-likeness (QED) is 0.169. The van der Waals surface area contributed by atoms with Crippen LogP contribution >= 0.6 is 0 Å². The van der Waals surface area contributed by atoms with Gasteiger partial charge in [0.05, 0.1) is 39.1 Å². The molecule has 11 aromatic rings. The van der Waals surface area contributed by atoms with Crippen molar-refractivity contribution in [3.8, 4) is 56.1 Å². The van der Waals surface area contributed by atoms with Crippen LogP contribution in [0.3, 0.4) is 0 Å². The van der Waals surface area contributed by atoms with Gasteiger partial charge in [-0.25, -0.2) is 4.98 Å². The molecule has 0 aliphatic rings. The van der Waals surface area contributed by atoms with Crippen molar-refractivity contribution in [2.24, 2.45) is 0 Å². The largest absolute Gasteiger partial charge is 0.309 e. The molecule has 0 aliphatic carbocycles. The smallest absolute Gasteiger partial charge is 0.0733 e. The van der Waals surface area contributed by atoms with E-state index in [1.165, 1.54) is 65.9 Å². The number of para-hydroxylation sites is 3. The molecule has 11 rings (SSSR count). The Balaban J connectivity index is 1.02. The van der Waals surface area contributed by atoms with E-state index in [4.69, 9.17) is 9.97 Å². The summed E-state index contributed by atoms with van der Waals surface area (Å²) in [5.41, 5.74) is 18.9. The minimum atomic E-state index is 0.887. The number of benzene rings is 7. The fourth-order valence-corrected chi connectivity index (χ4v) is 9.13. The highest BCUT2D eigenvalue weighted by Gasteiger charge is 2.19. The molecule has 0 saturated heterocycles. The molecule has 4 heteroatoms. The standard InChI is InChI=1S/C55H40N4/c1-35-27-29-41(58-50-23-10-9-20-44(50)47-31-39(28-30-53(47)58)38-16-5-4-6-17-38)33-45(35)46-32-40(34-56-37(46)3)48-21-14-22-49(57-48)55-36(2)15-13-26-54(55)59-51-24-11-7-18-42(51)43-19-8-12-25-52(43)59/h4-34H,1-3H3. The zero-order chi connectivity index (χ0) is 39.6. The van der Waals surface area contributed by atoms with E-state index in [9.17, 15) is 0 Å². The average molecular weight is 757 g/mol. The predicted molar refractivity (Wildman–Crippen MR) is 247 cm³/mol. The first kappa shape index (κ1) is 34.7. The number of aromatic nitrogens is 4. The molecule has 0 amide bonds. The van der Waals surface area contributed by atoms with Crippen molar-refractivity contribution in [3.63, 3.8) is 0 Å². The number of fused-ring (bicyclic) bond motifs is 6. The molecule has 0 bridgehead atoms. The highest BCUT2D eigenvalue weighted by molar-refractivity contribution is 6.11. The van der Waals surface area contributed by atoms with E-state index in [0.29, 0.717) is 0 Å². The first-order valence-corrected chi connectivity index (χ1v) is 20.2. The van der Waals surface area contributed by atoms with E-state index in [1.807, 2.05) is 6.20 Å². The summed E-state index contributed by atoms with van der Waals surface area (Å²) in [6, 6.07) is 65.5. The molecule has 0 radical (unpaired) electrons. The number of pyridine rings is 2. The second kappa shape index (κ2) is 13.8. The van der Waals surface area contributed by atoms with Crippen LogP contribution in [0.1, 0.15) is 16.8 Å². The number of aryl methyl sites for hydroxylation is 3. The maximum absolute atomic E-state index is 5.39. The van der Waals surface area contributed by atoms with E-state index in [1.54, 1.807) is 0 Å². The molecule has 0 fully saturated rings. The molecule has 4 aromatic heterocycles. The summed E-state index contributed by atoms with van der Waals surface area (Å²) in [6.07, 6.45) is 1.97. The van der Waals surface area contributed by atoms with Crippen LogP contribution in [0.2, 0.25) is 0 Å². The average Bonchev–Trinajstić information content (AvgIpc) is 3.80. The van der Waals surface area contributed by atoms with Crippen LogP contribution < -0.4 is 0 Å². The Bertz CT molecular complexity index is 3370. The lowest BCUT2D eigenvalue weighted by Gasteiger charge is -2.17. The van der Waals surface area contributed by atoms with Crippen LogP contribution in [0, 0.1) is 20.8 Å². The van der Waals surface area contributed by atoms with E-state index < -0.39 is 0 Å². The molecular formula is C55H40N4. The number of rotatable bonds is 6. The fraction of sp³-hybridized carbons (Fsp3) is 0.0545. The third-order valence-electron chi connectivity index (χ3n) is 12.0. The number of hydrogen-bond acceptors (Lipinski definition) is 2. The van der Waals surface area contributed by atoms with Gasteiger partial charge in [-0.1, -0.05) is 115 Å². The van der Waals surface area contributed by atoms with Gasteiger partial charge in [-0.05, 0) is 115 Å². The van der Waals surface area contributed by atoms with Crippen molar-refractivity contribution < 1.29 is 0 Å². The summed E-state index contributed by atoms with van der Waals surface area (Å²) in [4.78, 5) is 10.4. The molecule has 59 heavy (non-hydrogen) atoms. The highest BCUT2D eigenvalue weighted by Crippen LogP contribution is 2.40. The molecule has 0 unspecified atom stereocenters. The second-order valence-corrected chi connectivity index (χ2v) is 15.6. The van der Waals surface area contributed by atoms with Crippen LogP contribution in [0.4, 0.5) is 0 Å². The number of nitrogens with zero attached hydrogens (tertiary/aromatic N) is 4. The first-order chi connectivity index (χ1) is 29.0. The van der Waals surface area contributed by atoms with Crippen LogP contribution in [0.25, 0.3) is 99.8 Å². The van der Waals surface area contributed by atoms with Gasteiger partial charge >= 0.3 is 0 Å². The highest BCUT2D eigenvalue weighted by atomic mass is 15.0. The van der Waals surface area contributed by atoms with Crippen LogP contribution in [-0.2, 0) is 0 Å². The summed E-state index contributed by atoms with van der Waals surface area (Å²) >= 11 is 0. The van der Waals surface area contributed by atoms with E-state index in [0.717, 1.165) is 50.7 Å². The first-order valence-electron chi connectivity index (χ1n) is 20.2. The molecule has 0 atom stereocenters. The molecule has 4 heterocycles. The van der Waals surface area contributed by atoms with E-state index in [-0.39, 0.29) is 0 Å². The van der Waals surface area contributed by atoms with Crippen LogP contribution in [0.15, 0.2) is 188 Å². The van der Waals surface area contributed by atoms with Gasteiger partial charge in [-0.2, -0.15) is 0 Å². The van der Waals surface area contributed by atoms with Crippen LogP contribution in [0.5, 0.6) is 0 Å². The maximum atomic E-state index is 5.39. The molecule has 7 aromatic carbocycles. The normalized spacial score (nSPS) is 11.6. The van der Waals surface area contributed by atoms with Crippen molar-refractivity contribution in [1.29, 1.82) is 0 Å². The fourth-order valence-electron chi connectivity index (χ4n) is 9.13. The minimum absolute atomic E-state index is 0.887. The van der Waals surface area contributed by atoms with Gasteiger partial charge in [0.2, 0.25) is 0 Å². The zero-order valence-electron chi connectivity index (χ0n) is 33.2. The summed E-state index contributed by atoms with van der Waals surface area (Å²) in [6.45, 7) is 6.48. The zero-order valence-corrected chi connectivity index (χ0v) is 33.2. The van der Waals surface area contributed by atoms with Gasteiger partial charge < -0.3 is 9.13 Å². The van der Waals surface area contributed by atoms with Gasteiger partial charge in [0.15, 0.2) is 0 Å². The third kappa shape index (κ3) is 5.67. The monoisotopic (exact) mass is 756 g/mol. The third-order valence-corrected chi connectivity index (χ3v) is 12.0. The summed E-state index contributed by atoms with van der Waals surface area (Å²) < 4.78 is 4.79. The number of hydrogen-bond donors (Lipinski definition) is 0. The van der Waals surface area contributed by atoms with Crippen molar-refractivity contribution in [3.05, 3.63) is 205 Å². The SMILES string of the molecule is Cc1ccc(-n2c3ccccc3c3cc(-c4ccccc4)ccc32)cc1-c1cc(-c2cccc(-c3c(C)cccc3-n3c4ccccc4c4ccccc43)n2)cnc1C.